The predicted molar refractivity (Wildman–Crippen MR) is 110 cm³/mol. The largest absolute Gasteiger partial charge is 0.493 e. The highest BCUT2D eigenvalue weighted by atomic mass is 16.6. The number of rotatable bonds is 9. The van der Waals surface area contributed by atoms with E-state index in [9.17, 15) is 4.79 Å². The van der Waals surface area contributed by atoms with Crippen LogP contribution in [-0.2, 0) is 22.5 Å². The van der Waals surface area contributed by atoms with Crippen LogP contribution in [0.15, 0.2) is 41.6 Å². The minimum Gasteiger partial charge on any atom is -0.493 e. The third kappa shape index (κ3) is 4.99. The summed E-state index contributed by atoms with van der Waals surface area (Å²) >= 11 is 0. The quantitative estimate of drug-likeness (QED) is 0.519. The highest BCUT2D eigenvalue weighted by molar-refractivity contribution is 6.45. The highest BCUT2D eigenvalue weighted by Crippen LogP contribution is 2.28. The molecular formula is C22H26N2O5. The lowest BCUT2D eigenvalue weighted by Crippen LogP contribution is -2.33. The molecule has 0 aromatic heterocycles. The second-order valence-electron chi connectivity index (χ2n) is 6.47. The van der Waals surface area contributed by atoms with Gasteiger partial charge in [-0.25, -0.2) is 0 Å². The van der Waals surface area contributed by atoms with Gasteiger partial charge in [-0.15, -0.1) is 0 Å². The Bertz CT molecular complexity index is 895. The number of hydrogen-bond acceptors (Lipinski definition) is 6. The van der Waals surface area contributed by atoms with Crippen LogP contribution in [0.2, 0.25) is 0 Å². The van der Waals surface area contributed by atoms with Gasteiger partial charge in [0.05, 0.1) is 20.8 Å². The van der Waals surface area contributed by atoms with Gasteiger partial charge in [-0.3, -0.25) is 4.79 Å². The van der Waals surface area contributed by atoms with E-state index in [2.05, 4.69) is 10.5 Å². The van der Waals surface area contributed by atoms with E-state index in [1.54, 1.807) is 14.2 Å². The number of nitrogens with zero attached hydrogens (tertiary/aromatic N) is 1. The monoisotopic (exact) mass is 398 g/mol. The Morgan fingerprint density at radius 1 is 1.14 bits per heavy atom. The zero-order valence-electron chi connectivity index (χ0n) is 17.0. The SMILES string of the molecule is CCO/N=C(/C(=O)NCCc1ccc(OC)c(OC)c1)c1ccc2c(c1)OCC2. The number of fused-ring (bicyclic) bond motifs is 1. The van der Waals surface area contributed by atoms with Gasteiger partial charge in [0.15, 0.2) is 17.2 Å². The van der Waals surface area contributed by atoms with Crippen LogP contribution in [-0.4, -0.2) is 45.6 Å². The molecule has 2 aromatic carbocycles. The second kappa shape index (κ2) is 9.82. The maximum Gasteiger partial charge on any atom is 0.273 e. The first-order chi connectivity index (χ1) is 14.2. The number of amides is 1. The molecule has 2 aromatic rings. The van der Waals surface area contributed by atoms with Crippen LogP contribution in [0.3, 0.4) is 0 Å². The minimum absolute atomic E-state index is 0.234. The van der Waals surface area contributed by atoms with Gasteiger partial charge in [-0.2, -0.15) is 0 Å². The van der Waals surface area contributed by atoms with Gasteiger partial charge in [-0.05, 0) is 42.7 Å². The van der Waals surface area contributed by atoms with Crippen LogP contribution in [0.1, 0.15) is 23.6 Å². The molecule has 1 aliphatic rings. The zero-order valence-corrected chi connectivity index (χ0v) is 17.0. The van der Waals surface area contributed by atoms with Gasteiger partial charge in [0.1, 0.15) is 12.4 Å². The summed E-state index contributed by atoms with van der Waals surface area (Å²) in [5, 5.41) is 6.94. The molecular weight excluding hydrogens is 372 g/mol. The molecule has 0 saturated heterocycles. The maximum atomic E-state index is 12.8. The number of carbonyl (C=O) groups excluding carboxylic acids is 1. The summed E-state index contributed by atoms with van der Waals surface area (Å²) in [6.07, 6.45) is 1.52. The van der Waals surface area contributed by atoms with Gasteiger partial charge in [0.25, 0.3) is 5.91 Å². The second-order valence-corrected chi connectivity index (χ2v) is 6.47. The molecule has 0 unspecified atom stereocenters. The first kappa shape index (κ1) is 20.5. The number of methoxy groups -OCH3 is 2. The van der Waals surface area contributed by atoms with Crippen molar-refractivity contribution < 1.29 is 23.8 Å². The van der Waals surface area contributed by atoms with E-state index in [1.165, 1.54) is 0 Å². The summed E-state index contributed by atoms with van der Waals surface area (Å²) in [5.41, 5.74) is 3.07. The number of benzene rings is 2. The van der Waals surface area contributed by atoms with E-state index in [-0.39, 0.29) is 11.6 Å². The zero-order chi connectivity index (χ0) is 20.6. The molecule has 0 saturated carbocycles. The normalized spacial score (nSPS) is 12.7. The van der Waals surface area contributed by atoms with Crippen molar-refractivity contribution in [2.45, 2.75) is 19.8 Å². The van der Waals surface area contributed by atoms with E-state index < -0.39 is 0 Å². The Labute approximate surface area is 170 Å². The summed E-state index contributed by atoms with van der Waals surface area (Å²) in [6.45, 7) is 3.31. The molecule has 7 heteroatoms. The Kier molecular flexibility index (Phi) is 6.94. The van der Waals surface area contributed by atoms with Gasteiger partial charge in [0.2, 0.25) is 0 Å². The van der Waals surface area contributed by atoms with Crippen molar-refractivity contribution in [3.8, 4) is 17.2 Å². The molecule has 0 bridgehead atoms. The number of carbonyl (C=O) groups is 1. The van der Waals surface area contributed by atoms with Crippen LogP contribution >= 0.6 is 0 Å². The van der Waals surface area contributed by atoms with Gasteiger partial charge < -0.3 is 24.4 Å². The summed E-state index contributed by atoms with van der Waals surface area (Å²) in [6, 6.07) is 11.4. The van der Waals surface area contributed by atoms with E-state index in [1.807, 2.05) is 43.3 Å². The Hall–Kier alpha value is -3.22. The first-order valence-electron chi connectivity index (χ1n) is 9.61. The molecule has 1 N–H and O–H groups in total. The molecule has 29 heavy (non-hydrogen) atoms. The van der Waals surface area contributed by atoms with Crippen LogP contribution < -0.4 is 19.5 Å². The minimum atomic E-state index is -0.295. The summed E-state index contributed by atoms with van der Waals surface area (Å²) in [4.78, 5) is 17.9. The van der Waals surface area contributed by atoms with Crippen LogP contribution in [0.25, 0.3) is 0 Å². The molecule has 0 aliphatic carbocycles. The maximum absolute atomic E-state index is 12.8. The Morgan fingerprint density at radius 2 is 1.97 bits per heavy atom. The van der Waals surface area contributed by atoms with Crippen LogP contribution in [0.4, 0.5) is 0 Å². The summed E-state index contributed by atoms with van der Waals surface area (Å²) in [7, 11) is 3.20. The fourth-order valence-corrected chi connectivity index (χ4v) is 3.11. The molecule has 154 valence electrons. The lowest BCUT2D eigenvalue weighted by Gasteiger charge is -2.11. The predicted octanol–water partition coefficient (Wildman–Crippen LogP) is 2.74. The van der Waals surface area contributed by atoms with Crippen molar-refractivity contribution in [3.63, 3.8) is 0 Å². The molecule has 0 spiro atoms. The summed E-state index contributed by atoms with van der Waals surface area (Å²) in [5.74, 6) is 1.83. The van der Waals surface area contributed by atoms with E-state index in [0.717, 1.165) is 23.3 Å². The van der Waals surface area contributed by atoms with Crippen molar-refractivity contribution in [3.05, 3.63) is 53.1 Å². The number of oxime groups is 1. The van der Waals surface area contributed by atoms with Crippen molar-refractivity contribution in [2.75, 3.05) is 34.0 Å². The fraction of sp³-hybridized carbons (Fsp3) is 0.364. The highest BCUT2D eigenvalue weighted by Gasteiger charge is 2.19. The van der Waals surface area contributed by atoms with Crippen molar-refractivity contribution >= 4 is 11.6 Å². The van der Waals surface area contributed by atoms with E-state index in [4.69, 9.17) is 19.0 Å². The third-order valence-corrected chi connectivity index (χ3v) is 4.62. The number of ether oxygens (including phenoxy) is 3. The average molecular weight is 398 g/mol. The molecule has 7 nitrogen and oxygen atoms in total. The third-order valence-electron chi connectivity index (χ3n) is 4.62. The molecule has 1 amide bonds. The van der Waals surface area contributed by atoms with Crippen molar-refractivity contribution in [1.29, 1.82) is 0 Å². The first-order valence-corrected chi connectivity index (χ1v) is 9.61. The lowest BCUT2D eigenvalue weighted by molar-refractivity contribution is -0.114. The molecule has 0 radical (unpaired) electrons. The van der Waals surface area contributed by atoms with E-state index in [0.29, 0.717) is 43.2 Å². The fourth-order valence-electron chi connectivity index (χ4n) is 3.11. The van der Waals surface area contributed by atoms with Crippen molar-refractivity contribution in [2.24, 2.45) is 5.16 Å². The van der Waals surface area contributed by atoms with E-state index >= 15 is 0 Å². The van der Waals surface area contributed by atoms with Crippen molar-refractivity contribution in [1.82, 2.24) is 5.32 Å². The summed E-state index contributed by atoms with van der Waals surface area (Å²) < 4.78 is 16.2. The Morgan fingerprint density at radius 3 is 2.72 bits per heavy atom. The molecule has 3 rings (SSSR count). The molecule has 0 fully saturated rings. The smallest absolute Gasteiger partial charge is 0.273 e. The van der Waals surface area contributed by atoms with Gasteiger partial charge in [-0.1, -0.05) is 23.4 Å². The average Bonchev–Trinajstić information content (AvgIpc) is 3.22. The number of nitrogens with one attached hydrogen (secondary N) is 1. The Balaban J connectivity index is 1.66. The van der Waals surface area contributed by atoms with Crippen LogP contribution in [0, 0.1) is 0 Å². The molecule has 1 aliphatic heterocycles. The molecule has 1 heterocycles. The molecule has 0 atom stereocenters. The van der Waals surface area contributed by atoms with Crippen LogP contribution in [0.5, 0.6) is 17.2 Å². The van der Waals surface area contributed by atoms with Gasteiger partial charge in [0, 0.05) is 18.5 Å². The van der Waals surface area contributed by atoms with Gasteiger partial charge >= 0.3 is 0 Å². The standard InChI is InChI=1S/C22H26N2O5/c1-4-29-24-21(17-7-6-16-10-12-28-19(16)14-17)22(25)23-11-9-15-5-8-18(26-2)20(13-15)27-3/h5-8,13-14H,4,9-12H2,1-3H3,(H,23,25)/b24-21+. The lowest BCUT2D eigenvalue weighted by atomic mass is 10.1. The topological polar surface area (TPSA) is 78.4 Å². The number of hydrogen-bond donors (Lipinski definition) is 1.